The first-order valence-electron chi connectivity index (χ1n) is 7.31. The predicted molar refractivity (Wildman–Crippen MR) is 84.9 cm³/mol. The van der Waals surface area contributed by atoms with Gasteiger partial charge in [0.1, 0.15) is 0 Å². The third kappa shape index (κ3) is 4.61. The monoisotopic (exact) mass is 292 g/mol. The number of nitrogens with zero attached hydrogens (tertiary/aromatic N) is 2. The first-order valence-corrected chi connectivity index (χ1v) is 7.31. The molecule has 3 N–H and O–H groups in total. The first kappa shape index (κ1) is 15.6. The smallest absolute Gasteiger partial charge is 0.319 e. The third-order valence-corrected chi connectivity index (χ3v) is 3.55. The van der Waals surface area contributed by atoms with Gasteiger partial charge in [-0.3, -0.25) is 0 Å². The van der Waals surface area contributed by atoms with Gasteiger partial charge in [-0.05, 0) is 26.1 Å². The van der Waals surface area contributed by atoms with E-state index in [4.69, 9.17) is 0 Å². The summed E-state index contributed by atoms with van der Waals surface area (Å²) in [5, 5.41) is 14.7. The van der Waals surface area contributed by atoms with Gasteiger partial charge >= 0.3 is 6.03 Å². The number of amides is 2. The van der Waals surface area contributed by atoms with Gasteiger partial charge in [0, 0.05) is 32.7 Å². The number of carbonyl (C=O) groups excluding carboxylic acids is 1. The average molecular weight is 292 g/mol. The van der Waals surface area contributed by atoms with E-state index in [1.54, 1.807) is 6.92 Å². The van der Waals surface area contributed by atoms with Gasteiger partial charge in [-0.25, -0.2) is 4.79 Å². The van der Waals surface area contributed by atoms with Gasteiger partial charge in [0.05, 0.1) is 17.5 Å². The lowest BCUT2D eigenvalue weighted by atomic mass is 10.2. The minimum Gasteiger partial charge on any atom is -0.392 e. The van der Waals surface area contributed by atoms with Crippen molar-refractivity contribution in [1.29, 1.82) is 0 Å². The second-order valence-electron chi connectivity index (χ2n) is 5.49. The zero-order valence-corrected chi connectivity index (χ0v) is 12.7. The molecule has 1 aliphatic rings. The maximum Gasteiger partial charge on any atom is 0.319 e. The molecule has 21 heavy (non-hydrogen) atoms. The standard InChI is InChI=1S/C15H24N4O2/c1-12(20)11-16-15(21)17-13-5-3-4-6-14(13)19-9-7-18(2)8-10-19/h3-6,12,20H,7-11H2,1-2H3,(H2,16,17,21). The summed E-state index contributed by atoms with van der Waals surface area (Å²) < 4.78 is 0. The summed E-state index contributed by atoms with van der Waals surface area (Å²) in [4.78, 5) is 16.4. The van der Waals surface area contributed by atoms with Crippen LogP contribution in [0.3, 0.4) is 0 Å². The number of urea groups is 1. The van der Waals surface area contributed by atoms with Crippen LogP contribution in [-0.2, 0) is 0 Å². The maximum atomic E-state index is 11.8. The highest BCUT2D eigenvalue weighted by Crippen LogP contribution is 2.26. The Balaban J connectivity index is 2.01. The van der Waals surface area contributed by atoms with Crippen LogP contribution in [0.1, 0.15) is 6.92 Å². The molecule has 116 valence electrons. The van der Waals surface area contributed by atoms with Crippen molar-refractivity contribution in [2.24, 2.45) is 0 Å². The van der Waals surface area contributed by atoms with Gasteiger partial charge in [0.2, 0.25) is 0 Å². The van der Waals surface area contributed by atoms with Crippen LogP contribution in [0.5, 0.6) is 0 Å². The van der Waals surface area contributed by atoms with E-state index in [-0.39, 0.29) is 12.6 Å². The van der Waals surface area contributed by atoms with E-state index in [1.165, 1.54) is 0 Å². The number of piperazine rings is 1. The number of aliphatic hydroxyl groups is 1. The van der Waals surface area contributed by atoms with Gasteiger partial charge in [-0.1, -0.05) is 12.1 Å². The molecule has 6 nitrogen and oxygen atoms in total. The molecule has 0 saturated carbocycles. The summed E-state index contributed by atoms with van der Waals surface area (Å²) in [6, 6.07) is 7.51. The second-order valence-corrected chi connectivity index (χ2v) is 5.49. The number of hydrogen-bond acceptors (Lipinski definition) is 4. The van der Waals surface area contributed by atoms with Crippen molar-refractivity contribution >= 4 is 17.4 Å². The Morgan fingerprint density at radius 2 is 1.95 bits per heavy atom. The number of rotatable bonds is 4. The van der Waals surface area contributed by atoms with Crippen LogP contribution in [0.25, 0.3) is 0 Å². The lowest BCUT2D eigenvalue weighted by Gasteiger charge is -2.35. The number of hydrogen-bond donors (Lipinski definition) is 3. The van der Waals surface area contributed by atoms with Crippen LogP contribution in [0, 0.1) is 0 Å². The zero-order chi connectivity index (χ0) is 15.2. The molecular formula is C15H24N4O2. The molecule has 1 aliphatic heterocycles. The van der Waals surface area contributed by atoms with Gasteiger partial charge in [0.25, 0.3) is 0 Å². The normalized spacial score (nSPS) is 17.4. The Bertz CT molecular complexity index is 470. The van der Waals surface area contributed by atoms with Gasteiger partial charge in [-0.2, -0.15) is 0 Å². The lowest BCUT2D eigenvalue weighted by Crippen LogP contribution is -2.45. The fourth-order valence-electron chi connectivity index (χ4n) is 2.31. The number of anilines is 2. The Labute approximate surface area is 125 Å². The van der Waals surface area contributed by atoms with Gasteiger partial charge < -0.3 is 25.5 Å². The van der Waals surface area contributed by atoms with Crippen molar-refractivity contribution in [2.45, 2.75) is 13.0 Å². The molecule has 2 rings (SSSR count). The number of aliphatic hydroxyl groups excluding tert-OH is 1. The molecule has 1 fully saturated rings. The first-order chi connectivity index (χ1) is 10.1. The number of benzene rings is 1. The van der Waals surface area contributed by atoms with Crippen molar-refractivity contribution < 1.29 is 9.90 Å². The van der Waals surface area contributed by atoms with Crippen molar-refractivity contribution in [3.05, 3.63) is 24.3 Å². The number of para-hydroxylation sites is 2. The summed E-state index contributed by atoms with van der Waals surface area (Å²) in [5.41, 5.74) is 1.84. The van der Waals surface area contributed by atoms with Crippen LogP contribution in [-0.4, -0.2) is 61.9 Å². The summed E-state index contributed by atoms with van der Waals surface area (Å²) in [6.07, 6.45) is -0.552. The Kier molecular flexibility index (Phi) is 5.41. The average Bonchev–Trinajstić information content (AvgIpc) is 2.47. The fraction of sp³-hybridized carbons (Fsp3) is 0.533. The highest BCUT2D eigenvalue weighted by atomic mass is 16.3. The van der Waals surface area contributed by atoms with Crippen molar-refractivity contribution in [2.75, 3.05) is 50.0 Å². The molecule has 1 unspecified atom stereocenters. The summed E-state index contributed by atoms with van der Waals surface area (Å²) in [7, 11) is 2.12. The van der Waals surface area contributed by atoms with E-state index in [1.807, 2.05) is 24.3 Å². The molecule has 1 aromatic rings. The molecule has 0 aromatic heterocycles. The molecule has 1 aromatic carbocycles. The van der Waals surface area contributed by atoms with Crippen LogP contribution in [0.15, 0.2) is 24.3 Å². The zero-order valence-electron chi connectivity index (χ0n) is 12.7. The second kappa shape index (κ2) is 7.28. The highest BCUT2D eigenvalue weighted by Gasteiger charge is 2.17. The molecule has 0 radical (unpaired) electrons. The van der Waals surface area contributed by atoms with Gasteiger partial charge in [0.15, 0.2) is 0 Å². The van der Waals surface area contributed by atoms with E-state index in [0.29, 0.717) is 0 Å². The molecule has 6 heteroatoms. The molecule has 0 spiro atoms. The number of nitrogens with one attached hydrogen (secondary N) is 2. The molecule has 0 aliphatic carbocycles. The Morgan fingerprint density at radius 3 is 2.62 bits per heavy atom. The molecule has 0 bridgehead atoms. The van der Waals surface area contributed by atoms with Gasteiger partial charge in [-0.15, -0.1) is 0 Å². The number of carbonyl (C=O) groups is 1. The molecular weight excluding hydrogens is 268 g/mol. The SMILES string of the molecule is CC(O)CNC(=O)Nc1ccccc1N1CCN(C)CC1. The topological polar surface area (TPSA) is 67.8 Å². The highest BCUT2D eigenvalue weighted by molar-refractivity contribution is 5.93. The quantitative estimate of drug-likeness (QED) is 0.772. The summed E-state index contributed by atoms with van der Waals surface area (Å²) in [5.74, 6) is 0. The summed E-state index contributed by atoms with van der Waals surface area (Å²) in [6.45, 7) is 5.81. The minimum absolute atomic E-state index is 0.239. The van der Waals surface area contributed by atoms with Crippen molar-refractivity contribution in [3.63, 3.8) is 0 Å². The maximum absolute atomic E-state index is 11.8. The van der Waals surface area contributed by atoms with Crippen LogP contribution >= 0.6 is 0 Å². The van der Waals surface area contributed by atoms with Crippen molar-refractivity contribution in [1.82, 2.24) is 10.2 Å². The predicted octanol–water partition coefficient (Wildman–Crippen LogP) is 0.941. The molecule has 1 heterocycles. The Morgan fingerprint density at radius 1 is 1.29 bits per heavy atom. The van der Waals surface area contributed by atoms with E-state index < -0.39 is 6.10 Å². The van der Waals surface area contributed by atoms with E-state index in [9.17, 15) is 9.90 Å². The molecule has 2 amide bonds. The van der Waals surface area contributed by atoms with Crippen LogP contribution in [0.2, 0.25) is 0 Å². The van der Waals surface area contributed by atoms with Crippen molar-refractivity contribution in [3.8, 4) is 0 Å². The molecule has 1 saturated heterocycles. The van der Waals surface area contributed by atoms with Crippen LogP contribution in [0.4, 0.5) is 16.2 Å². The lowest BCUT2D eigenvalue weighted by molar-refractivity contribution is 0.190. The van der Waals surface area contributed by atoms with Crippen LogP contribution < -0.4 is 15.5 Å². The minimum atomic E-state index is -0.552. The third-order valence-electron chi connectivity index (χ3n) is 3.55. The number of likely N-dealkylation sites (N-methyl/N-ethyl adjacent to an activating group) is 1. The van der Waals surface area contributed by atoms with E-state index >= 15 is 0 Å². The molecule has 1 atom stereocenters. The summed E-state index contributed by atoms with van der Waals surface area (Å²) >= 11 is 0. The largest absolute Gasteiger partial charge is 0.392 e. The van der Waals surface area contributed by atoms with E-state index in [0.717, 1.165) is 37.6 Å². The fourth-order valence-corrected chi connectivity index (χ4v) is 2.31. The van der Waals surface area contributed by atoms with E-state index in [2.05, 4.69) is 27.5 Å². The Hall–Kier alpha value is -1.79.